The highest BCUT2D eigenvalue weighted by Crippen LogP contribution is 2.67. The Kier molecular flexibility index (Phi) is 15.5. The van der Waals surface area contributed by atoms with Gasteiger partial charge in [0.25, 0.3) is 0 Å². The van der Waals surface area contributed by atoms with Crippen LogP contribution < -0.4 is 10.6 Å². The molecule has 0 bridgehead atoms. The number of alkyl carbamates (subject to hydrolysis) is 1. The fourth-order valence-corrected chi connectivity index (χ4v) is 10.1. The number of carboxylic acids is 1. The number of amides is 2. The molecule has 4 aliphatic carbocycles. The topological polar surface area (TPSA) is 131 Å². The van der Waals surface area contributed by atoms with Gasteiger partial charge < -0.3 is 25.2 Å². The summed E-state index contributed by atoms with van der Waals surface area (Å²) in [6.45, 7) is 17.9. The lowest BCUT2D eigenvalue weighted by atomic mass is 9.47. The molecule has 3 N–H and O–H groups in total. The van der Waals surface area contributed by atoms with Crippen LogP contribution in [0.15, 0.2) is 11.6 Å². The molecule has 3 saturated carbocycles. The molecule has 280 valence electrons. The third kappa shape index (κ3) is 10.5. The first-order valence-electron chi connectivity index (χ1n) is 19.6. The second-order valence-corrected chi connectivity index (χ2v) is 16.2. The maximum atomic E-state index is 12.7. The van der Waals surface area contributed by atoms with E-state index in [1.165, 1.54) is 50.5 Å². The van der Waals surface area contributed by atoms with Gasteiger partial charge in [-0.2, -0.15) is 0 Å². The minimum atomic E-state index is -1.07. The van der Waals surface area contributed by atoms with Gasteiger partial charge in [-0.05, 0) is 97.7 Å². The van der Waals surface area contributed by atoms with Gasteiger partial charge in [0.15, 0.2) is 0 Å². The number of rotatable bonds is 15. The number of hydrogen-bond acceptors (Lipinski definition) is 6. The molecule has 0 spiro atoms. The van der Waals surface area contributed by atoms with E-state index in [-0.39, 0.29) is 37.5 Å². The molecule has 0 saturated heterocycles. The van der Waals surface area contributed by atoms with Crippen LogP contribution in [0.3, 0.4) is 0 Å². The molecule has 4 aliphatic rings. The molecule has 0 radical (unpaired) electrons. The van der Waals surface area contributed by atoms with Crippen molar-refractivity contribution in [1.82, 2.24) is 10.6 Å². The fourth-order valence-electron chi connectivity index (χ4n) is 10.1. The normalized spacial score (nSPS) is 31.4. The van der Waals surface area contributed by atoms with E-state index in [9.17, 15) is 19.2 Å². The standard InChI is InChI=1S/C38H62N2O7.C2H6/c1-7-27(23-46-35(44)16-15-34(42)43)40-33(41)22-39-36(45)47-28-17-19-37(5)26(21-28)11-12-29-31-14-13-30(25(4)10-8-9-24(2)3)38(31,6)20-18-32(29)37;1-2/h11,24-25,27-32H,7-10,12-23H2,1-6H3,(H,39,45)(H,40,41)(H,42,43);1-2H3/t25-,27?,28+,29?,30-,31?,32?,37+,38-;/m1./s1. The van der Waals surface area contributed by atoms with Crippen molar-refractivity contribution in [2.24, 2.45) is 46.3 Å². The van der Waals surface area contributed by atoms with Gasteiger partial charge in [0.05, 0.1) is 18.9 Å². The van der Waals surface area contributed by atoms with Gasteiger partial charge in [-0.15, -0.1) is 0 Å². The predicted molar refractivity (Wildman–Crippen MR) is 193 cm³/mol. The lowest BCUT2D eigenvalue weighted by molar-refractivity contribution is -0.148. The van der Waals surface area contributed by atoms with Crippen LogP contribution in [0.25, 0.3) is 0 Å². The van der Waals surface area contributed by atoms with E-state index < -0.39 is 30.0 Å². The number of carbonyl (C=O) groups excluding carboxylic acids is 3. The van der Waals surface area contributed by atoms with Crippen molar-refractivity contribution in [3.8, 4) is 0 Å². The number of esters is 1. The SMILES string of the molecule is CC.CCC(COC(=O)CCC(=O)O)NC(=O)CNC(=O)O[C@H]1CC[C@@]2(C)C(=CCC3C2CC[C@@]2(C)C3CC[C@@H]2[C@H](C)CCCC(C)C)C1. The summed E-state index contributed by atoms with van der Waals surface area (Å²) in [5.74, 6) is 2.63. The van der Waals surface area contributed by atoms with Crippen LogP contribution in [0.4, 0.5) is 4.79 Å². The smallest absolute Gasteiger partial charge is 0.407 e. The van der Waals surface area contributed by atoms with Gasteiger partial charge >= 0.3 is 18.0 Å². The summed E-state index contributed by atoms with van der Waals surface area (Å²) in [4.78, 5) is 47.4. The minimum Gasteiger partial charge on any atom is -0.481 e. The minimum absolute atomic E-state index is 0.0545. The van der Waals surface area contributed by atoms with Crippen molar-refractivity contribution in [2.45, 2.75) is 157 Å². The van der Waals surface area contributed by atoms with Gasteiger partial charge in [-0.25, -0.2) is 4.79 Å². The van der Waals surface area contributed by atoms with Crippen molar-refractivity contribution in [3.05, 3.63) is 11.6 Å². The molecular weight excluding hydrogens is 620 g/mol. The number of allylic oxidation sites excluding steroid dienone is 1. The van der Waals surface area contributed by atoms with Crippen molar-refractivity contribution < 1.29 is 33.8 Å². The molecule has 0 heterocycles. The Hall–Kier alpha value is -2.58. The van der Waals surface area contributed by atoms with Crippen LogP contribution in [0.5, 0.6) is 0 Å². The van der Waals surface area contributed by atoms with Crippen molar-refractivity contribution in [2.75, 3.05) is 13.2 Å². The number of fused-ring (bicyclic) bond motifs is 5. The average Bonchev–Trinajstić information content (AvgIpc) is 3.43. The Bertz CT molecular complexity index is 1150. The highest BCUT2D eigenvalue weighted by molar-refractivity contribution is 5.82. The van der Waals surface area contributed by atoms with Crippen LogP contribution in [-0.4, -0.2) is 54.3 Å². The first-order valence-corrected chi connectivity index (χ1v) is 19.6. The van der Waals surface area contributed by atoms with Gasteiger partial charge in [-0.1, -0.05) is 86.3 Å². The molecule has 9 nitrogen and oxygen atoms in total. The zero-order valence-electron chi connectivity index (χ0n) is 31.9. The molecule has 0 aromatic carbocycles. The summed E-state index contributed by atoms with van der Waals surface area (Å²) < 4.78 is 10.9. The van der Waals surface area contributed by atoms with Crippen LogP contribution in [0.2, 0.25) is 0 Å². The first kappa shape index (κ1) is 40.8. The van der Waals surface area contributed by atoms with E-state index in [0.29, 0.717) is 17.8 Å². The molecule has 49 heavy (non-hydrogen) atoms. The van der Waals surface area contributed by atoms with E-state index in [4.69, 9.17) is 14.6 Å². The second kappa shape index (κ2) is 18.6. The monoisotopic (exact) mass is 689 g/mol. The number of nitrogens with one attached hydrogen (secondary N) is 2. The first-order chi connectivity index (χ1) is 23.3. The quantitative estimate of drug-likeness (QED) is 0.116. The Labute approximate surface area is 296 Å². The van der Waals surface area contributed by atoms with Gasteiger partial charge in [-0.3, -0.25) is 14.4 Å². The highest BCUT2D eigenvalue weighted by atomic mass is 16.6. The molecule has 2 amide bonds. The third-order valence-corrected chi connectivity index (χ3v) is 12.8. The summed E-state index contributed by atoms with van der Waals surface area (Å²) in [5, 5.41) is 14.0. The maximum absolute atomic E-state index is 12.7. The van der Waals surface area contributed by atoms with E-state index in [0.717, 1.165) is 55.3 Å². The Morgan fingerprint density at radius 1 is 0.980 bits per heavy atom. The molecule has 9 atom stereocenters. The van der Waals surface area contributed by atoms with Crippen LogP contribution in [0, 0.1) is 46.3 Å². The van der Waals surface area contributed by atoms with Gasteiger partial charge in [0.2, 0.25) is 5.91 Å². The molecule has 4 rings (SSSR count). The molecule has 4 unspecified atom stereocenters. The van der Waals surface area contributed by atoms with E-state index in [1.54, 1.807) is 0 Å². The lowest BCUT2D eigenvalue weighted by Crippen LogP contribution is -2.51. The Balaban J connectivity index is 0.00000319. The fraction of sp³-hybridized carbons (Fsp3) is 0.850. The van der Waals surface area contributed by atoms with E-state index >= 15 is 0 Å². The zero-order chi connectivity index (χ0) is 36.4. The molecule has 0 aliphatic heterocycles. The second-order valence-electron chi connectivity index (χ2n) is 16.2. The number of hydrogen-bond donors (Lipinski definition) is 3. The zero-order valence-corrected chi connectivity index (χ0v) is 31.9. The molecule has 0 aromatic heterocycles. The van der Waals surface area contributed by atoms with Crippen LogP contribution >= 0.6 is 0 Å². The molecular formula is C40H68N2O7. The summed E-state index contributed by atoms with van der Waals surface area (Å²) >= 11 is 0. The van der Waals surface area contributed by atoms with E-state index in [2.05, 4.69) is 51.3 Å². The Morgan fingerprint density at radius 3 is 2.39 bits per heavy atom. The van der Waals surface area contributed by atoms with Gasteiger partial charge in [0, 0.05) is 6.42 Å². The van der Waals surface area contributed by atoms with Crippen molar-refractivity contribution in [1.29, 1.82) is 0 Å². The number of carboxylic acid groups (broad SMARTS) is 1. The largest absolute Gasteiger partial charge is 0.481 e. The Morgan fingerprint density at radius 2 is 1.71 bits per heavy atom. The summed E-state index contributed by atoms with van der Waals surface area (Å²) in [6.07, 6.45) is 15.0. The third-order valence-electron chi connectivity index (χ3n) is 12.8. The van der Waals surface area contributed by atoms with Crippen molar-refractivity contribution in [3.63, 3.8) is 0 Å². The van der Waals surface area contributed by atoms with Crippen LogP contribution in [-0.2, 0) is 23.9 Å². The summed E-state index contributed by atoms with van der Waals surface area (Å²) in [5.41, 5.74) is 2.10. The van der Waals surface area contributed by atoms with Crippen LogP contribution in [0.1, 0.15) is 145 Å². The molecule has 3 fully saturated rings. The van der Waals surface area contributed by atoms with Gasteiger partial charge in [0.1, 0.15) is 19.3 Å². The molecule has 0 aromatic rings. The van der Waals surface area contributed by atoms with Crippen molar-refractivity contribution >= 4 is 23.9 Å². The van der Waals surface area contributed by atoms with E-state index in [1.807, 2.05) is 20.8 Å². The average molecular weight is 689 g/mol. The number of ether oxygens (including phenoxy) is 2. The number of carbonyl (C=O) groups is 4. The lowest BCUT2D eigenvalue weighted by Gasteiger charge is -2.58. The highest BCUT2D eigenvalue weighted by Gasteiger charge is 2.59. The summed E-state index contributed by atoms with van der Waals surface area (Å²) in [6, 6.07) is -0.432. The number of aliphatic carboxylic acids is 1. The predicted octanol–water partition coefficient (Wildman–Crippen LogP) is 8.45. The summed E-state index contributed by atoms with van der Waals surface area (Å²) in [7, 11) is 0. The molecule has 9 heteroatoms. The maximum Gasteiger partial charge on any atom is 0.407 e.